The molecule has 0 atom stereocenters. The van der Waals surface area contributed by atoms with Gasteiger partial charge in [-0.05, 0) is 24.1 Å². The maximum atomic E-state index is 12.7. The molecule has 0 aromatic carbocycles. The molecule has 2 aromatic rings. The summed E-state index contributed by atoms with van der Waals surface area (Å²) in [5.74, 6) is -0.699. The van der Waals surface area contributed by atoms with E-state index in [0.29, 0.717) is 40.3 Å². The molecule has 122 valence electrons. The number of hydroxylamine groups is 1. The van der Waals surface area contributed by atoms with Crippen LogP contribution in [0.25, 0.3) is 0 Å². The number of nitrogens with one attached hydrogen (secondary N) is 1. The number of hydrogen-bond acceptors (Lipinski definition) is 4. The zero-order valence-electron chi connectivity index (χ0n) is 12.1. The molecule has 6 nitrogen and oxygen atoms in total. The second-order valence-corrected chi connectivity index (χ2v) is 7.11. The van der Waals surface area contributed by atoms with Gasteiger partial charge in [-0.2, -0.15) is 0 Å². The first-order chi connectivity index (χ1) is 10.9. The first-order valence-corrected chi connectivity index (χ1v) is 8.35. The van der Waals surface area contributed by atoms with Crippen LogP contribution in [-0.2, 0) is 20.0 Å². The van der Waals surface area contributed by atoms with Crippen molar-refractivity contribution in [2.75, 3.05) is 6.54 Å². The number of halogens is 2. The second-order valence-electron chi connectivity index (χ2n) is 5.20. The van der Waals surface area contributed by atoms with Crippen molar-refractivity contribution in [1.82, 2.24) is 14.9 Å². The highest BCUT2D eigenvalue weighted by Gasteiger charge is 2.27. The largest absolute Gasteiger partial charge is 0.333 e. The average molecular weight is 374 g/mol. The van der Waals surface area contributed by atoms with E-state index in [1.807, 2.05) is 0 Å². The third kappa shape index (κ3) is 2.85. The minimum atomic E-state index is -0.539. The fourth-order valence-corrected chi connectivity index (χ4v) is 4.01. The van der Waals surface area contributed by atoms with E-state index in [1.54, 1.807) is 34.1 Å². The van der Waals surface area contributed by atoms with Gasteiger partial charge in [0.05, 0.1) is 9.90 Å². The molecule has 0 fully saturated rings. The molecule has 0 saturated carbocycles. The van der Waals surface area contributed by atoms with Crippen LogP contribution in [0, 0.1) is 0 Å². The van der Waals surface area contributed by atoms with Gasteiger partial charge in [0.2, 0.25) is 0 Å². The summed E-state index contributed by atoms with van der Waals surface area (Å²) in [6.07, 6.45) is 0.663. The fourth-order valence-electron chi connectivity index (χ4n) is 2.58. The van der Waals surface area contributed by atoms with Crippen molar-refractivity contribution in [2.45, 2.75) is 13.0 Å². The highest BCUT2D eigenvalue weighted by molar-refractivity contribution is 7.14. The molecule has 9 heteroatoms. The van der Waals surface area contributed by atoms with Gasteiger partial charge in [-0.3, -0.25) is 14.8 Å². The van der Waals surface area contributed by atoms with Gasteiger partial charge in [0, 0.05) is 25.0 Å². The molecule has 3 rings (SSSR count). The Balaban J connectivity index is 1.84. The highest BCUT2D eigenvalue weighted by Crippen LogP contribution is 2.30. The van der Waals surface area contributed by atoms with Crippen molar-refractivity contribution in [1.29, 1.82) is 0 Å². The van der Waals surface area contributed by atoms with Crippen molar-refractivity contribution < 1.29 is 14.8 Å². The van der Waals surface area contributed by atoms with Crippen molar-refractivity contribution in [3.8, 4) is 0 Å². The molecule has 2 N–H and O–H groups in total. The van der Waals surface area contributed by atoms with E-state index in [0.717, 1.165) is 10.4 Å². The Bertz CT molecular complexity index is 800. The number of hydrogen-bond donors (Lipinski definition) is 2. The molecule has 1 aliphatic rings. The normalized spacial score (nSPS) is 13.8. The highest BCUT2D eigenvalue weighted by atomic mass is 35.5. The van der Waals surface area contributed by atoms with E-state index >= 15 is 0 Å². The molecular weight excluding hydrogens is 361 g/mol. The minimum absolute atomic E-state index is 0.161. The van der Waals surface area contributed by atoms with Gasteiger partial charge in [-0.15, -0.1) is 11.3 Å². The van der Waals surface area contributed by atoms with Gasteiger partial charge in [-0.1, -0.05) is 23.2 Å². The predicted molar refractivity (Wildman–Crippen MR) is 87.4 cm³/mol. The lowest BCUT2D eigenvalue weighted by atomic mass is 10.1. The lowest BCUT2D eigenvalue weighted by Gasteiger charge is -2.27. The molecule has 2 aromatic heterocycles. The SMILES string of the molecule is Cn1c(C(=O)N2CCc3sc(C(=O)NO)cc3C2)cc(Cl)c1Cl. The number of amides is 2. The van der Waals surface area contributed by atoms with Crippen LogP contribution in [0.4, 0.5) is 0 Å². The van der Waals surface area contributed by atoms with E-state index in [2.05, 4.69) is 0 Å². The summed E-state index contributed by atoms with van der Waals surface area (Å²) in [5.41, 5.74) is 2.96. The Morgan fingerprint density at radius 3 is 2.70 bits per heavy atom. The summed E-state index contributed by atoms with van der Waals surface area (Å²) in [4.78, 5) is 27.3. The molecule has 0 aliphatic carbocycles. The van der Waals surface area contributed by atoms with E-state index < -0.39 is 5.91 Å². The van der Waals surface area contributed by atoms with E-state index in [9.17, 15) is 9.59 Å². The van der Waals surface area contributed by atoms with Crippen LogP contribution < -0.4 is 5.48 Å². The van der Waals surface area contributed by atoms with E-state index in [-0.39, 0.29) is 5.91 Å². The topological polar surface area (TPSA) is 74.6 Å². The fraction of sp³-hybridized carbons (Fsp3) is 0.286. The Labute approximate surface area is 146 Å². The van der Waals surface area contributed by atoms with Gasteiger partial charge < -0.3 is 9.47 Å². The standard InChI is InChI=1S/C14H13Cl2N3O3S/c1-18-9(5-8(15)12(18)16)14(21)19-3-2-10-7(6-19)4-11(23-10)13(20)17-22/h4-5,22H,2-3,6H2,1H3,(H,17,20). The quantitative estimate of drug-likeness (QED) is 0.627. The van der Waals surface area contributed by atoms with Crippen molar-refractivity contribution >= 4 is 46.4 Å². The zero-order chi connectivity index (χ0) is 16.7. The number of aromatic nitrogens is 1. The molecule has 0 radical (unpaired) electrons. The van der Waals surface area contributed by atoms with Gasteiger partial charge in [0.25, 0.3) is 11.8 Å². The van der Waals surface area contributed by atoms with E-state index in [4.69, 9.17) is 28.4 Å². The predicted octanol–water partition coefficient (Wildman–Crippen LogP) is 2.71. The first kappa shape index (κ1) is 16.3. The maximum Gasteiger partial charge on any atom is 0.284 e. The first-order valence-electron chi connectivity index (χ1n) is 6.78. The molecule has 3 heterocycles. The number of carbonyl (C=O) groups excluding carboxylic acids is 2. The van der Waals surface area contributed by atoms with Crippen LogP contribution in [0.2, 0.25) is 10.2 Å². The molecule has 1 aliphatic heterocycles. The lowest BCUT2D eigenvalue weighted by molar-refractivity contribution is 0.0710. The van der Waals surface area contributed by atoms with Gasteiger partial charge in [0.15, 0.2) is 0 Å². The third-order valence-corrected chi connectivity index (χ3v) is 5.89. The Hall–Kier alpha value is -1.54. The molecular formula is C14H13Cl2N3O3S. The zero-order valence-corrected chi connectivity index (χ0v) is 14.4. The summed E-state index contributed by atoms with van der Waals surface area (Å²) in [5, 5.41) is 9.38. The van der Waals surface area contributed by atoms with Crippen LogP contribution in [0.3, 0.4) is 0 Å². The van der Waals surface area contributed by atoms with Crippen molar-refractivity contribution in [3.05, 3.63) is 43.3 Å². The van der Waals surface area contributed by atoms with Crippen molar-refractivity contribution in [3.63, 3.8) is 0 Å². The third-order valence-electron chi connectivity index (χ3n) is 3.81. The number of fused-ring (bicyclic) bond motifs is 1. The van der Waals surface area contributed by atoms with Crippen molar-refractivity contribution in [2.24, 2.45) is 7.05 Å². The molecule has 0 spiro atoms. The Morgan fingerprint density at radius 2 is 2.09 bits per heavy atom. The molecule has 2 amide bonds. The molecule has 0 unspecified atom stereocenters. The smallest absolute Gasteiger partial charge is 0.284 e. The Morgan fingerprint density at radius 1 is 1.35 bits per heavy atom. The van der Waals surface area contributed by atoms with Gasteiger partial charge in [-0.25, -0.2) is 5.48 Å². The van der Waals surface area contributed by atoms with Gasteiger partial charge in [0.1, 0.15) is 10.8 Å². The monoisotopic (exact) mass is 373 g/mol. The molecule has 0 bridgehead atoms. The van der Waals surface area contributed by atoms with Crippen LogP contribution in [0.5, 0.6) is 0 Å². The maximum absolute atomic E-state index is 12.7. The summed E-state index contributed by atoms with van der Waals surface area (Å²) in [6, 6.07) is 3.26. The molecule has 23 heavy (non-hydrogen) atoms. The number of thiophene rings is 1. The number of rotatable bonds is 2. The van der Waals surface area contributed by atoms with Crippen LogP contribution in [-0.4, -0.2) is 33.0 Å². The van der Waals surface area contributed by atoms with Crippen LogP contribution >= 0.6 is 34.5 Å². The number of nitrogens with zero attached hydrogens (tertiary/aromatic N) is 2. The summed E-state index contributed by atoms with van der Waals surface area (Å²) in [6.45, 7) is 0.955. The summed E-state index contributed by atoms with van der Waals surface area (Å²) < 4.78 is 1.56. The second kappa shape index (κ2) is 6.16. The lowest BCUT2D eigenvalue weighted by Crippen LogP contribution is -2.36. The molecule has 0 saturated heterocycles. The van der Waals surface area contributed by atoms with Crippen LogP contribution in [0.1, 0.15) is 30.6 Å². The van der Waals surface area contributed by atoms with Crippen LogP contribution in [0.15, 0.2) is 12.1 Å². The number of carbonyl (C=O) groups is 2. The van der Waals surface area contributed by atoms with Gasteiger partial charge >= 0.3 is 0 Å². The Kier molecular flexibility index (Phi) is 4.37. The summed E-state index contributed by atoms with van der Waals surface area (Å²) >= 11 is 13.3. The minimum Gasteiger partial charge on any atom is -0.333 e. The summed E-state index contributed by atoms with van der Waals surface area (Å²) in [7, 11) is 1.69. The van der Waals surface area contributed by atoms with E-state index in [1.165, 1.54) is 11.3 Å². The average Bonchev–Trinajstić information content (AvgIpc) is 3.09.